The predicted molar refractivity (Wildman–Crippen MR) is 82.6 cm³/mol. The number of methoxy groups -OCH3 is 1. The molecule has 1 heterocycles. The van der Waals surface area contributed by atoms with E-state index in [2.05, 4.69) is 0 Å². The zero-order valence-corrected chi connectivity index (χ0v) is 12.2. The van der Waals surface area contributed by atoms with Crippen LogP contribution in [0.3, 0.4) is 0 Å². The van der Waals surface area contributed by atoms with E-state index in [0.717, 1.165) is 11.3 Å². The fourth-order valence-electron chi connectivity index (χ4n) is 2.61. The Hall–Kier alpha value is -2.04. The summed E-state index contributed by atoms with van der Waals surface area (Å²) in [5, 5.41) is 0.468. The van der Waals surface area contributed by atoms with Gasteiger partial charge >= 0.3 is 0 Å². The zero-order chi connectivity index (χ0) is 15.0. The molecule has 0 unspecified atom stereocenters. The molecule has 1 amide bonds. The van der Waals surface area contributed by atoms with E-state index in [1.807, 2.05) is 36.4 Å². The van der Waals surface area contributed by atoms with Gasteiger partial charge in [0.05, 0.1) is 18.2 Å². The number of carbonyl (C=O) groups is 1. The first-order valence-electron chi connectivity index (χ1n) is 6.60. The highest BCUT2D eigenvalue weighted by Gasteiger charge is 2.46. The molecule has 21 heavy (non-hydrogen) atoms. The van der Waals surface area contributed by atoms with E-state index < -0.39 is 6.04 Å². The topological polar surface area (TPSA) is 55.6 Å². The normalized spacial score (nSPS) is 21.1. The maximum atomic E-state index is 12.1. The summed E-state index contributed by atoms with van der Waals surface area (Å²) >= 11 is 6.14. The van der Waals surface area contributed by atoms with Crippen LogP contribution in [0.5, 0.6) is 5.75 Å². The summed E-state index contributed by atoms with van der Waals surface area (Å²) in [7, 11) is 1.55. The lowest BCUT2D eigenvalue weighted by molar-refractivity contribution is -0.126. The second-order valence-corrected chi connectivity index (χ2v) is 5.32. The molecule has 3 rings (SSSR count). The number of β-lactam (4-membered cyclic amide) rings is 1. The minimum Gasteiger partial charge on any atom is -0.495 e. The van der Waals surface area contributed by atoms with Gasteiger partial charge in [-0.15, -0.1) is 0 Å². The number of ether oxygens (including phenoxy) is 1. The third-order valence-corrected chi connectivity index (χ3v) is 3.99. The molecule has 0 spiro atoms. The molecule has 0 radical (unpaired) electrons. The van der Waals surface area contributed by atoms with Crippen molar-refractivity contribution in [2.45, 2.75) is 12.1 Å². The van der Waals surface area contributed by atoms with Gasteiger partial charge in [-0.2, -0.15) is 0 Å². The van der Waals surface area contributed by atoms with Crippen molar-refractivity contribution < 1.29 is 9.53 Å². The number of hydrogen-bond donors (Lipinski definition) is 1. The second-order valence-electron chi connectivity index (χ2n) is 4.91. The van der Waals surface area contributed by atoms with Crippen molar-refractivity contribution in [3.05, 3.63) is 59.1 Å². The lowest BCUT2D eigenvalue weighted by Gasteiger charge is -2.45. The van der Waals surface area contributed by atoms with Crippen molar-refractivity contribution in [3.8, 4) is 5.75 Å². The molecule has 0 bridgehead atoms. The molecule has 2 aromatic rings. The van der Waals surface area contributed by atoms with Crippen molar-refractivity contribution in [3.63, 3.8) is 0 Å². The van der Waals surface area contributed by atoms with E-state index in [9.17, 15) is 4.79 Å². The summed E-state index contributed by atoms with van der Waals surface area (Å²) in [6.45, 7) is 0. The van der Waals surface area contributed by atoms with Gasteiger partial charge in [0.25, 0.3) is 0 Å². The van der Waals surface area contributed by atoms with Crippen LogP contribution in [0.15, 0.2) is 48.5 Å². The number of anilines is 1. The van der Waals surface area contributed by atoms with Crippen LogP contribution < -0.4 is 15.4 Å². The molecule has 2 atom stereocenters. The Bertz CT molecular complexity index is 675. The summed E-state index contributed by atoms with van der Waals surface area (Å²) in [5.74, 6) is 0.471. The first-order chi connectivity index (χ1) is 10.1. The number of nitrogens with zero attached hydrogens (tertiary/aromatic N) is 1. The lowest BCUT2D eigenvalue weighted by atomic mass is 9.88. The van der Waals surface area contributed by atoms with E-state index in [0.29, 0.717) is 10.8 Å². The molecule has 5 heteroatoms. The Morgan fingerprint density at radius 1 is 1.19 bits per heavy atom. The van der Waals surface area contributed by atoms with Crippen LogP contribution in [-0.2, 0) is 4.79 Å². The molecule has 1 aliphatic heterocycles. The van der Waals surface area contributed by atoms with Crippen LogP contribution in [0.25, 0.3) is 0 Å². The Kier molecular flexibility index (Phi) is 3.57. The van der Waals surface area contributed by atoms with Crippen LogP contribution in [-0.4, -0.2) is 19.1 Å². The number of hydrogen-bond acceptors (Lipinski definition) is 3. The number of rotatable bonds is 3. The Morgan fingerprint density at radius 2 is 1.90 bits per heavy atom. The summed E-state index contributed by atoms with van der Waals surface area (Å²) < 4.78 is 5.13. The maximum Gasteiger partial charge on any atom is 0.247 e. The van der Waals surface area contributed by atoms with Gasteiger partial charge < -0.3 is 15.4 Å². The van der Waals surface area contributed by atoms with Crippen molar-refractivity contribution >= 4 is 23.2 Å². The molecule has 4 nitrogen and oxygen atoms in total. The molecule has 0 aliphatic carbocycles. The molecule has 0 aromatic heterocycles. The monoisotopic (exact) mass is 302 g/mol. The average molecular weight is 303 g/mol. The van der Waals surface area contributed by atoms with Gasteiger partial charge in [0.2, 0.25) is 5.91 Å². The molecule has 2 N–H and O–H groups in total. The second kappa shape index (κ2) is 5.39. The molecule has 2 aromatic carbocycles. The van der Waals surface area contributed by atoms with Crippen LogP contribution in [0.4, 0.5) is 5.69 Å². The Labute approximate surface area is 128 Å². The van der Waals surface area contributed by atoms with Crippen LogP contribution in [0.2, 0.25) is 5.02 Å². The minimum atomic E-state index is -0.520. The fourth-order valence-corrected chi connectivity index (χ4v) is 2.86. The molecule has 1 saturated heterocycles. The van der Waals surface area contributed by atoms with Crippen LogP contribution >= 0.6 is 11.6 Å². The number of nitrogens with two attached hydrogens (primary N) is 1. The minimum absolute atomic E-state index is 0.106. The lowest BCUT2D eigenvalue weighted by Crippen LogP contribution is -2.63. The number of benzene rings is 2. The van der Waals surface area contributed by atoms with E-state index in [1.165, 1.54) is 0 Å². The van der Waals surface area contributed by atoms with E-state index in [-0.39, 0.29) is 11.9 Å². The summed E-state index contributed by atoms with van der Waals surface area (Å²) in [6.07, 6.45) is 0. The van der Waals surface area contributed by atoms with Crippen molar-refractivity contribution in [2.24, 2.45) is 5.73 Å². The maximum absolute atomic E-state index is 12.1. The van der Waals surface area contributed by atoms with Gasteiger partial charge in [-0.25, -0.2) is 0 Å². The van der Waals surface area contributed by atoms with Gasteiger partial charge in [-0.3, -0.25) is 4.79 Å². The van der Waals surface area contributed by atoms with Gasteiger partial charge in [0, 0.05) is 5.69 Å². The smallest absolute Gasteiger partial charge is 0.247 e. The van der Waals surface area contributed by atoms with E-state index in [4.69, 9.17) is 22.1 Å². The molecule has 108 valence electrons. The predicted octanol–water partition coefficient (Wildman–Crippen LogP) is 2.76. The standard InChI is InChI=1S/C16H15ClN2O2/c1-21-13-8-7-11(9-12(13)17)19-15(14(18)16(19)20)10-5-3-2-4-6-10/h2-9,14-15H,18H2,1H3/t14-,15+/m1/s1. The Morgan fingerprint density at radius 3 is 2.52 bits per heavy atom. The largest absolute Gasteiger partial charge is 0.495 e. The zero-order valence-electron chi connectivity index (χ0n) is 11.5. The van der Waals surface area contributed by atoms with Crippen LogP contribution in [0.1, 0.15) is 11.6 Å². The van der Waals surface area contributed by atoms with Crippen molar-refractivity contribution in [2.75, 3.05) is 12.0 Å². The number of halogens is 1. The first-order valence-corrected chi connectivity index (χ1v) is 6.98. The third kappa shape index (κ3) is 2.26. The fraction of sp³-hybridized carbons (Fsp3) is 0.188. The first kappa shape index (κ1) is 13.9. The SMILES string of the molecule is COc1ccc(N2C(=O)[C@H](N)[C@@H]2c2ccccc2)cc1Cl. The number of amides is 1. The van der Waals surface area contributed by atoms with Gasteiger partial charge in [0.1, 0.15) is 11.8 Å². The number of carbonyl (C=O) groups excluding carboxylic acids is 1. The molecular weight excluding hydrogens is 288 g/mol. The van der Waals surface area contributed by atoms with Crippen molar-refractivity contribution in [1.29, 1.82) is 0 Å². The van der Waals surface area contributed by atoms with Crippen LogP contribution in [0, 0.1) is 0 Å². The third-order valence-electron chi connectivity index (χ3n) is 3.70. The average Bonchev–Trinajstić information content (AvgIpc) is 2.52. The summed E-state index contributed by atoms with van der Waals surface area (Å²) in [5.41, 5.74) is 7.71. The highest BCUT2D eigenvalue weighted by Crippen LogP contribution is 2.40. The van der Waals surface area contributed by atoms with E-state index in [1.54, 1.807) is 24.1 Å². The van der Waals surface area contributed by atoms with Gasteiger partial charge in [0.15, 0.2) is 0 Å². The summed E-state index contributed by atoms with van der Waals surface area (Å²) in [4.78, 5) is 13.8. The van der Waals surface area contributed by atoms with Gasteiger partial charge in [-0.05, 0) is 23.8 Å². The molecule has 1 fully saturated rings. The molecule has 1 aliphatic rings. The summed E-state index contributed by atoms with van der Waals surface area (Å²) in [6, 6.07) is 14.3. The van der Waals surface area contributed by atoms with Crippen molar-refractivity contribution in [1.82, 2.24) is 0 Å². The van der Waals surface area contributed by atoms with Gasteiger partial charge in [-0.1, -0.05) is 41.9 Å². The molecular formula is C16H15ClN2O2. The molecule has 0 saturated carbocycles. The highest BCUT2D eigenvalue weighted by molar-refractivity contribution is 6.32. The van der Waals surface area contributed by atoms with E-state index >= 15 is 0 Å². The Balaban J connectivity index is 1.97. The quantitative estimate of drug-likeness (QED) is 0.887. The highest BCUT2D eigenvalue weighted by atomic mass is 35.5.